The topological polar surface area (TPSA) is 63.5 Å². The molecule has 1 aliphatic rings. The SMILES string of the molecule is COc1ccccc1[C@@H](NC1CCC(NC(C)=O)CC1)c1ccco1. The average Bonchev–Trinajstić information content (AvgIpc) is 3.15. The van der Waals surface area contributed by atoms with Crippen molar-refractivity contribution >= 4 is 5.91 Å². The number of carbonyl (C=O) groups is 1. The summed E-state index contributed by atoms with van der Waals surface area (Å²) in [5.41, 5.74) is 1.07. The molecule has 1 amide bonds. The van der Waals surface area contributed by atoms with Gasteiger partial charge < -0.3 is 19.8 Å². The van der Waals surface area contributed by atoms with Gasteiger partial charge >= 0.3 is 0 Å². The Labute approximate surface area is 148 Å². The Balaban J connectivity index is 1.73. The summed E-state index contributed by atoms with van der Waals surface area (Å²) >= 11 is 0. The van der Waals surface area contributed by atoms with Crippen LogP contribution >= 0.6 is 0 Å². The van der Waals surface area contributed by atoms with Crippen molar-refractivity contribution in [3.8, 4) is 5.75 Å². The van der Waals surface area contributed by atoms with E-state index in [-0.39, 0.29) is 11.9 Å². The van der Waals surface area contributed by atoms with E-state index >= 15 is 0 Å². The Morgan fingerprint density at radius 1 is 1.12 bits per heavy atom. The summed E-state index contributed by atoms with van der Waals surface area (Å²) in [6.07, 6.45) is 5.74. The molecule has 1 aliphatic carbocycles. The molecule has 0 bridgehead atoms. The quantitative estimate of drug-likeness (QED) is 0.844. The minimum Gasteiger partial charge on any atom is -0.496 e. The molecule has 0 saturated heterocycles. The number of methoxy groups -OCH3 is 1. The zero-order valence-electron chi connectivity index (χ0n) is 14.8. The molecule has 0 aliphatic heterocycles. The molecule has 1 heterocycles. The number of para-hydroxylation sites is 1. The van der Waals surface area contributed by atoms with Gasteiger partial charge in [-0.1, -0.05) is 18.2 Å². The van der Waals surface area contributed by atoms with Crippen molar-refractivity contribution in [3.05, 3.63) is 54.0 Å². The van der Waals surface area contributed by atoms with Crippen LogP contribution in [0.3, 0.4) is 0 Å². The summed E-state index contributed by atoms with van der Waals surface area (Å²) in [6, 6.07) is 12.6. The smallest absolute Gasteiger partial charge is 0.217 e. The van der Waals surface area contributed by atoms with Crippen LogP contribution in [0.2, 0.25) is 0 Å². The van der Waals surface area contributed by atoms with E-state index in [2.05, 4.69) is 16.7 Å². The fourth-order valence-corrected chi connectivity index (χ4v) is 3.61. The van der Waals surface area contributed by atoms with Crippen LogP contribution in [0.1, 0.15) is 50.0 Å². The fraction of sp³-hybridized carbons (Fsp3) is 0.450. The normalized spacial score (nSPS) is 21.5. The first-order chi connectivity index (χ1) is 12.2. The van der Waals surface area contributed by atoms with E-state index < -0.39 is 0 Å². The van der Waals surface area contributed by atoms with E-state index in [0.717, 1.165) is 42.8 Å². The van der Waals surface area contributed by atoms with Crippen molar-refractivity contribution < 1.29 is 13.9 Å². The Hall–Kier alpha value is -2.27. The van der Waals surface area contributed by atoms with Gasteiger partial charge in [0.05, 0.1) is 19.4 Å². The number of benzene rings is 1. The molecule has 0 radical (unpaired) electrons. The highest BCUT2D eigenvalue weighted by Gasteiger charge is 2.27. The minimum atomic E-state index is -0.0477. The number of carbonyl (C=O) groups excluding carboxylic acids is 1. The van der Waals surface area contributed by atoms with Crippen LogP contribution in [0.5, 0.6) is 5.75 Å². The molecule has 3 rings (SSSR count). The van der Waals surface area contributed by atoms with Crippen molar-refractivity contribution in [3.63, 3.8) is 0 Å². The second-order valence-electron chi connectivity index (χ2n) is 6.61. The van der Waals surface area contributed by atoms with Crippen LogP contribution in [-0.2, 0) is 4.79 Å². The molecule has 2 aromatic rings. The number of rotatable bonds is 6. The zero-order chi connectivity index (χ0) is 17.6. The third kappa shape index (κ3) is 4.42. The summed E-state index contributed by atoms with van der Waals surface area (Å²) in [5, 5.41) is 6.76. The highest BCUT2D eigenvalue weighted by Crippen LogP contribution is 2.32. The number of hydrogen-bond donors (Lipinski definition) is 2. The molecule has 5 heteroatoms. The lowest BCUT2D eigenvalue weighted by Crippen LogP contribution is -2.42. The van der Waals surface area contributed by atoms with Crippen LogP contribution in [0.4, 0.5) is 0 Å². The van der Waals surface area contributed by atoms with Crippen molar-refractivity contribution in [1.82, 2.24) is 10.6 Å². The predicted molar refractivity (Wildman–Crippen MR) is 96.5 cm³/mol. The van der Waals surface area contributed by atoms with E-state index in [0.29, 0.717) is 12.1 Å². The molecule has 1 aromatic carbocycles. The Bertz CT molecular complexity index is 676. The summed E-state index contributed by atoms with van der Waals surface area (Å²) in [5.74, 6) is 1.79. The van der Waals surface area contributed by atoms with Gasteiger partial charge in [-0.25, -0.2) is 0 Å². The molecular formula is C20H26N2O3. The second kappa shape index (κ2) is 8.21. The molecule has 25 heavy (non-hydrogen) atoms. The summed E-state index contributed by atoms with van der Waals surface area (Å²) in [4.78, 5) is 11.2. The molecular weight excluding hydrogens is 316 g/mol. The van der Waals surface area contributed by atoms with Crippen molar-refractivity contribution in [2.45, 2.75) is 50.7 Å². The number of amides is 1. The van der Waals surface area contributed by atoms with Gasteiger partial charge in [-0.15, -0.1) is 0 Å². The van der Waals surface area contributed by atoms with Crippen molar-refractivity contribution in [1.29, 1.82) is 0 Å². The van der Waals surface area contributed by atoms with Crippen LogP contribution in [-0.4, -0.2) is 25.1 Å². The third-order valence-electron chi connectivity index (χ3n) is 4.81. The molecule has 0 spiro atoms. The van der Waals surface area contributed by atoms with E-state index in [1.165, 1.54) is 0 Å². The highest BCUT2D eigenvalue weighted by molar-refractivity contribution is 5.73. The maximum Gasteiger partial charge on any atom is 0.217 e. The number of ether oxygens (including phenoxy) is 1. The largest absolute Gasteiger partial charge is 0.496 e. The minimum absolute atomic E-state index is 0.0477. The van der Waals surface area contributed by atoms with Crippen LogP contribution in [0, 0.1) is 0 Å². The monoisotopic (exact) mass is 342 g/mol. The molecule has 0 unspecified atom stereocenters. The number of hydrogen-bond acceptors (Lipinski definition) is 4. The average molecular weight is 342 g/mol. The van der Waals surface area contributed by atoms with Gasteiger partial charge in [-0.3, -0.25) is 4.79 Å². The summed E-state index contributed by atoms with van der Waals surface area (Å²) in [6.45, 7) is 1.58. The van der Waals surface area contributed by atoms with E-state index in [1.54, 1.807) is 20.3 Å². The maximum atomic E-state index is 11.2. The van der Waals surface area contributed by atoms with E-state index in [4.69, 9.17) is 9.15 Å². The fourth-order valence-electron chi connectivity index (χ4n) is 3.61. The highest BCUT2D eigenvalue weighted by atomic mass is 16.5. The van der Waals surface area contributed by atoms with Crippen molar-refractivity contribution in [2.24, 2.45) is 0 Å². The van der Waals surface area contributed by atoms with E-state index in [1.807, 2.05) is 30.3 Å². The van der Waals surface area contributed by atoms with Gasteiger partial charge in [-0.05, 0) is 43.9 Å². The number of nitrogens with one attached hydrogen (secondary N) is 2. The van der Waals surface area contributed by atoms with Crippen LogP contribution < -0.4 is 15.4 Å². The molecule has 1 saturated carbocycles. The van der Waals surface area contributed by atoms with E-state index in [9.17, 15) is 4.79 Å². The molecule has 134 valence electrons. The summed E-state index contributed by atoms with van der Waals surface area (Å²) in [7, 11) is 1.69. The Morgan fingerprint density at radius 3 is 2.48 bits per heavy atom. The first-order valence-electron chi connectivity index (χ1n) is 8.87. The van der Waals surface area contributed by atoms with Gasteiger partial charge in [0.15, 0.2) is 0 Å². The lowest BCUT2D eigenvalue weighted by molar-refractivity contribution is -0.119. The first kappa shape index (κ1) is 17.5. The Morgan fingerprint density at radius 2 is 1.84 bits per heavy atom. The predicted octanol–water partition coefficient (Wildman–Crippen LogP) is 3.41. The number of furan rings is 1. The lowest BCUT2D eigenvalue weighted by Gasteiger charge is -2.32. The van der Waals surface area contributed by atoms with Gasteiger partial charge in [0.1, 0.15) is 11.5 Å². The first-order valence-corrected chi connectivity index (χ1v) is 8.87. The molecule has 2 N–H and O–H groups in total. The van der Waals surface area contributed by atoms with Gasteiger partial charge in [0.25, 0.3) is 0 Å². The van der Waals surface area contributed by atoms with Gasteiger partial charge in [-0.2, -0.15) is 0 Å². The van der Waals surface area contributed by atoms with Crippen LogP contribution in [0.25, 0.3) is 0 Å². The standard InChI is InChI=1S/C20H26N2O3/c1-14(23)21-15-9-11-16(12-10-15)22-20(19-8-5-13-25-19)17-6-3-4-7-18(17)24-2/h3-8,13,15-16,20,22H,9-12H2,1-2H3,(H,21,23)/t15?,16?,20-/m1/s1. The van der Waals surface area contributed by atoms with Gasteiger partial charge in [0, 0.05) is 24.6 Å². The Kier molecular flexibility index (Phi) is 5.76. The zero-order valence-corrected chi connectivity index (χ0v) is 14.8. The third-order valence-corrected chi connectivity index (χ3v) is 4.81. The molecule has 1 fully saturated rings. The van der Waals surface area contributed by atoms with Crippen molar-refractivity contribution in [2.75, 3.05) is 7.11 Å². The summed E-state index contributed by atoms with van der Waals surface area (Å²) < 4.78 is 11.2. The van der Waals surface area contributed by atoms with Gasteiger partial charge in [0.2, 0.25) is 5.91 Å². The molecule has 5 nitrogen and oxygen atoms in total. The lowest BCUT2D eigenvalue weighted by atomic mass is 9.89. The second-order valence-corrected chi connectivity index (χ2v) is 6.61. The maximum absolute atomic E-state index is 11.2. The molecule has 1 aromatic heterocycles. The van der Waals surface area contributed by atoms with Crippen LogP contribution in [0.15, 0.2) is 47.1 Å². The molecule has 1 atom stereocenters.